The average Bonchev–Trinajstić information content (AvgIpc) is 3.73. The molecule has 0 fully saturated rings. The molecule has 43 heavy (non-hydrogen) atoms. The smallest absolute Gasteiger partial charge is 0.0548 e. The number of hydrogen-bond acceptors (Lipinski definition) is 1. The Hall–Kier alpha value is -5.18. The van der Waals surface area contributed by atoms with Gasteiger partial charge < -0.3 is 4.57 Å². The van der Waals surface area contributed by atoms with E-state index in [4.69, 9.17) is 0 Å². The number of nitrogens with zero attached hydrogens (tertiary/aromatic N) is 1. The van der Waals surface area contributed by atoms with Gasteiger partial charge in [-0.05, 0) is 81.4 Å². The third-order valence-electron chi connectivity index (χ3n) is 9.41. The maximum atomic E-state index is 2.52. The van der Waals surface area contributed by atoms with Crippen LogP contribution in [0, 0.1) is 0 Å². The SMILES string of the molecule is c1ccc2c(c1)Cc1ccc3c(c1-2)c1c2ccccc2ccc1n3-c1ccccc1-c1ccc2sc3ccccc3c2c1. The summed E-state index contributed by atoms with van der Waals surface area (Å²) in [6.45, 7) is 0. The molecule has 0 aliphatic heterocycles. The van der Waals surface area contributed by atoms with Crippen LogP contribution < -0.4 is 0 Å². The average molecular weight is 564 g/mol. The number of para-hydroxylation sites is 1. The van der Waals surface area contributed by atoms with E-state index in [0.717, 1.165) is 6.42 Å². The van der Waals surface area contributed by atoms with Gasteiger partial charge in [-0.15, -0.1) is 11.3 Å². The van der Waals surface area contributed by atoms with Gasteiger partial charge in [0.15, 0.2) is 0 Å². The third-order valence-corrected chi connectivity index (χ3v) is 10.6. The van der Waals surface area contributed by atoms with E-state index in [-0.39, 0.29) is 0 Å². The van der Waals surface area contributed by atoms with Crippen molar-refractivity contribution in [2.75, 3.05) is 0 Å². The first-order chi connectivity index (χ1) is 21.3. The fourth-order valence-electron chi connectivity index (χ4n) is 7.56. The number of thiophene rings is 1. The third kappa shape index (κ3) is 3.22. The van der Waals surface area contributed by atoms with Crippen LogP contribution in [0.2, 0.25) is 0 Å². The molecule has 0 saturated carbocycles. The van der Waals surface area contributed by atoms with Crippen molar-refractivity contribution in [2.24, 2.45) is 0 Å². The Balaban J connectivity index is 1.33. The van der Waals surface area contributed by atoms with E-state index in [1.54, 1.807) is 0 Å². The van der Waals surface area contributed by atoms with E-state index < -0.39 is 0 Å². The molecule has 0 bridgehead atoms. The predicted octanol–water partition coefficient (Wildman–Crippen LogP) is 11.5. The van der Waals surface area contributed by atoms with Crippen LogP contribution in [0.5, 0.6) is 0 Å². The molecular weight excluding hydrogens is 539 g/mol. The molecule has 0 N–H and O–H groups in total. The van der Waals surface area contributed by atoms with Crippen LogP contribution in [0.15, 0.2) is 140 Å². The Kier molecular flexibility index (Phi) is 4.72. The normalized spacial score (nSPS) is 12.6. The van der Waals surface area contributed by atoms with Gasteiger partial charge in [0, 0.05) is 36.5 Å². The molecule has 1 aliphatic rings. The Morgan fingerprint density at radius 1 is 0.488 bits per heavy atom. The molecule has 200 valence electrons. The van der Waals surface area contributed by atoms with Gasteiger partial charge >= 0.3 is 0 Å². The lowest BCUT2D eigenvalue weighted by molar-refractivity contribution is 1.18. The van der Waals surface area contributed by atoms with Crippen molar-refractivity contribution in [1.29, 1.82) is 0 Å². The predicted molar refractivity (Wildman–Crippen MR) is 185 cm³/mol. The van der Waals surface area contributed by atoms with Crippen molar-refractivity contribution >= 4 is 64.1 Å². The fourth-order valence-corrected chi connectivity index (χ4v) is 8.64. The lowest BCUT2D eigenvalue weighted by Crippen LogP contribution is -1.97. The summed E-state index contributed by atoms with van der Waals surface area (Å²) in [5, 5.41) is 7.96. The molecule has 1 aliphatic carbocycles. The van der Waals surface area contributed by atoms with E-state index in [0.29, 0.717) is 0 Å². The van der Waals surface area contributed by atoms with Gasteiger partial charge in [-0.3, -0.25) is 0 Å². The monoisotopic (exact) mass is 563 g/mol. The standard InChI is InChI=1S/C41H25NS/c1-3-12-30-25(9-1)17-20-35-40(30)41-36(21-18-28-23-26-10-2-4-13-31(26)39(28)41)42(35)34-15-7-5-11-29(34)27-19-22-38-33(24-27)32-14-6-8-16-37(32)43-38/h1-22,24H,23H2. The molecule has 0 unspecified atom stereocenters. The minimum Gasteiger partial charge on any atom is -0.309 e. The minimum absolute atomic E-state index is 0.990. The molecule has 0 amide bonds. The molecule has 2 heterocycles. The quantitative estimate of drug-likeness (QED) is 0.197. The van der Waals surface area contributed by atoms with Crippen LogP contribution in [0.4, 0.5) is 0 Å². The summed E-state index contributed by atoms with van der Waals surface area (Å²) in [5.41, 5.74) is 11.8. The Bertz CT molecular complexity index is 2600. The highest BCUT2D eigenvalue weighted by molar-refractivity contribution is 7.25. The van der Waals surface area contributed by atoms with Crippen LogP contribution in [0.1, 0.15) is 11.1 Å². The number of rotatable bonds is 2. The van der Waals surface area contributed by atoms with Gasteiger partial charge in [-0.1, -0.05) is 103 Å². The first-order valence-corrected chi connectivity index (χ1v) is 15.7. The Morgan fingerprint density at radius 2 is 1.21 bits per heavy atom. The summed E-state index contributed by atoms with van der Waals surface area (Å²) in [5.74, 6) is 0. The molecule has 10 rings (SSSR count). The summed E-state index contributed by atoms with van der Waals surface area (Å²) in [6.07, 6.45) is 0.990. The van der Waals surface area contributed by atoms with E-state index in [9.17, 15) is 0 Å². The van der Waals surface area contributed by atoms with Crippen LogP contribution in [0.25, 0.3) is 80.7 Å². The van der Waals surface area contributed by atoms with Crippen molar-refractivity contribution in [2.45, 2.75) is 6.42 Å². The lowest BCUT2D eigenvalue weighted by Gasteiger charge is -2.15. The summed E-state index contributed by atoms with van der Waals surface area (Å²) in [6, 6.07) is 51.8. The molecule has 2 heteroatoms. The van der Waals surface area contributed by atoms with E-state index in [1.165, 1.54) is 91.8 Å². The summed E-state index contributed by atoms with van der Waals surface area (Å²) >= 11 is 1.87. The maximum absolute atomic E-state index is 2.52. The van der Waals surface area contributed by atoms with Gasteiger partial charge in [0.05, 0.1) is 16.7 Å². The van der Waals surface area contributed by atoms with Crippen molar-refractivity contribution in [3.8, 4) is 27.9 Å². The van der Waals surface area contributed by atoms with Crippen LogP contribution >= 0.6 is 11.3 Å². The van der Waals surface area contributed by atoms with Crippen molar-refractivity contribution in [3.63, 3.8) is 0 Å². The highest BCUT2D eigenvalue weighted by atomic mass is 32.1. The van der Waals surface area contributed by atoms with Crippen LogP contribution in [0.3, 0.4) is 0 Å². The van der Waals surface area contributed by atoms with Crippen molar-refractivity contribution < 1.29 is 0 Å². The molecule has 0 saturated heterocycles. The maximum Gasteiger partial charge on any atom is 0.0548 e. The first-order valence-electron chi connectivity index (χ1n) is 14.9. The van der Waals surface area contributed by atoms with E-state index in [1.807, 2.05) is 11.3 Å². The molecule has 7 aromatic carbocycles. The molecular formula is C41H25NS. The molecule has 0 radical (unpaired) electrons. The Labute approximate surface area is 252 Å². The highest BCUT2D eigenvalue weighted by Gasteiger charge is 2.26. The second-order valence-corrected chi connectivity index (χ2v) is 12.8. The number of hydrogen-bond donors (Lipinski definition) is 0. The van der Waals surface area contributed by atoms with Crippen molar-refractivity contribution in [1.82, 2.24) is 4.57 Å². The molecule has 0 spiro atoms. The van der Waals surface area contributed by atoms with E-state index in [2.05, 4.69) is 144 Å². The second kappa shape index (κ2) is 8.67. The number of benzene rings is 7. The molecule has 9 aromatic rings. The fraction of sp³-hybridized carbons (Fsp3) is 0.0244. The van der Waals surface area contributed by atoms with Crippen LogP contribution in [-0.4, -0.2) is 4.57 Å². The van der Waals surface area contributed by atoms with Gasteiger partial charge in [0.1, 0.15) is 0 Å². The van der Waals surface area contributed by atoms with Gasteiger partial charge in [-0.2, -0.15) is 0 Å². The zero-order chi connectivity index (χ0) is 28.1. The number of fused-ring (bicyclic) bond motifs is 12. The first kappa shape index (κ1) is 23.4. The molecule has 2 aromatic heterocycles. The molecule has 1 nitrogen and oxygen atoms in total. The summed E-state index contributed by atoms with van der Waals surface area (Å²) in [7, 11) is 0. The van der Waals surface area contributed by atoms with Gasteiger partial charge in [0.25, 0.3) is 0 Å². The highest BCUT2D eigenvalue weighted by Crippen LogP contribution is 2.48. The zero-order valence-corrected chi connectivity index (χ0v) is 24.2. The lowest BCUT2D eigenvalue weighted by atomic mass is 9.96. The Morgan fingerprint density at radius 3 is 2.16 bits per heavy atom. The molecule has 0 atom stereocenters. The van der Waals surface area contributed by atoms with E-state index >= 15 is 0 Å². The topological polar surface area (TPSA) is 4.93 Å². The number of aromatic nitrogens is 1. The zero-order valence-electron chi connectivity index (χ0n) is 23.3. The van der Waals surface area contributed by atoms with Crippen molar-refractivity contribution in [3.05, 3.63) is 151 Å². The summed E-state index contributed by atoms with van der Waals surface area (Å²) in [4.78, 5) is 0. The summed E-state index contributed by atoms with van der Waals surface area (Å²) < 4.78 is 5.19. The van der Waals surface area contributed by atoms with Gasteiger partial charge in [0.2, 0.25) is 0 Å². The van der Waals surface area contributed by atoms with Gasteiger partial charge in [-0.25, -0.2) is 0 Å². The largest absolute Gasteiger partial charge is 0.309 e. The van der Waals surface area contributed by atoms with Crippen LogP contribution in [-0.2, 0) is 6.42 Å². The minimum atomic E-state index is 0.990. The second-order valence-electron chi connectivity index (χ2n) is 11.7.